The van der Waals surface area contributed by atoms with Crippen LogP contribution in [0.5, 0.6) is 5.75 Å². The number of methoxy groups -OCH3 is 2. The molecule has 0 bridgehead atoms. The van der Waals surface area contributed by atoms with Gasteiger partial charge in [0.15, 0.2) is 0 Å². The number of hydrogen-bond acceptors (Lipinski definition) is 5. The number of aryl methyl sites for hydroxylation is 1. The quantitative estimate of drug-likeness (QED) is 0.701. The molecule has 0 radical (unpaired) electrons. The molecule has 0 unspecified atom stereocenters. The first-order valence-corrected chi connectivity index (χ1v) is 9.96. The zero-order chi connectivity index (χ0) is 20.6. The van der Waals surface area contributed by atoms with Gasteiger partial charge < -0.3 is 20.1 Å². The van der Waals surface area contributed by atoms with E-state index in [1.165, 1.54) is 12.7 Å². The first-order valence-electron chi connectivity index (χ1n) is 9.96. The minimum absolute atomic E-state index is 0.178. The molecular formula is C23H28N2O4. The third-order valence-corrected chi connectivity index (χ3v) is 5.34. The molecule has 29 heavy (non-hydrogen) atoms. The van der Waals surface area contributed by atoms with Crippen LogP contribution >= 0.6 is 0 Å². The number of anilines is 1. The Kier molecular flexibility index (Phi) is 7.25. The summed E-state index contributed by atoms with van der Waals surface area (Å²) >= 11 is 0. The minimum Gasteiger partial charge on any atom is -0.495 e. The number of carbonyl (C=O) groups excluding carboxylic acids is 2. The van der Waals surface area contributed by atoms with Crippen LogP contribution in [-0.2, 0) is 16.0 Å². The van der Waals surface area contributed by atoms with Crippen molar-refractivity contribution in [1.82, 2.24) is 5.32 Å². The fourth-order valence-corrected chi connectivity index (χ4v) is 3.60. The molecule has 2 aromatic carbocycles. The average molecular weight is 396 g/mol. The monoisotopic (exact) mass is 396 g/mol. The van der Waals surface area contributed by atoms with E-state index < -0.39 is 0 Å². The fourth-order valence-electron chi connectivity index (χ4n) is 3.60. The second-order valence-electron chi connectivity index (χ2n) is 7.21. The van der Waals surface area contributed by atoms with Gasteiger partial charge in [-0.15, -0.1) is 0 Å². The average Bonchev–Trinajstić information content (AvgIpc) is 2.78. The largest absolute Gasteiger partial charge is 0.495 e. The summed E-state index contributed by atoms with van der Waals surface area (Å²) in [5.41, 5.74) is 3.44. The summed E-state index contributed by atoms with van der Waals surface area (Å²) in [6, 6.07) is 13.4. The van der Waals surface area contributed by atoms with Crippen LogP contribution in [0.25, 0.3) is 0 Å². The van der Waals surface area contributed by atoms with E-state index in [1.807, 2.05) is 24.3 Å². The highest BCUT2D eigenvalue weighted by Crippen LogP contribution is 2.28. The Hall–Kier alpha value is -2.86. The molecule has 0 saturated carbocycles. The molecule has 154 valence electrons. The lowest BCUT2D eigenvalue weighted by Crippen LogP contribution is -2.26. The van der Waals surface area contributed by atoms with Crippen molar-refractivity contribution in [3.8, 4) is 5.75 Å². The normalized spacial score (nSPS) is 14.3. The van der Waals surface area contributed by atoms with Crippen LogP contribution in [0.2, 0.25) is 0 Å². The highest BCUT2D eigenvalue weighted by molar-refractivity contribution is 6.05. The maximum absolute atomic E-state index is 12.7. The van der Waals surface area contributed by atoms with Crippen molar-refractivity contribution in [2.24, 2.45) is 0 Å². The molecule has 1 heterocycles. The van der Waals surface area contributed by atoms with Crippen molar-refractivity contribution in [3.63, 3.8) is 0 Å². The smallest absolute Gasteiger partial charge is 0.305 e. The van der Waals surface area contributed by atoms with Gasteiger partial charge in [-0.05, 0) is 73.7 Å². The van der Waals surface area contributed by atoms with Crippen LogP contribution < -0.4 is 15.4 Å². The number of carbonyl (C=O) groups is 2. The van der Waals surface area contributed by atoms with Crippen molar-refractivity contribution < 1.29 is 19.1 Å². The molecule has 1 aliphatic rings. The standard InChI is InChI=1S/C23H28N2O4/c1-28-21-15-16(4-10-22(26)29-2)3-9-20(21)25-23(27)19-7-5-17(6-8-19)18-11-13-24-14-12-18/h3,5-9,15,18,24H,4,10-14H2,1-2H3,(H,25,27). The fraction of sp³-hybridized carbons (Fsp3) is 0.391. The number of esters is 1. The minimum atomic E-state index is -0.255. The molecule has 1 amide bonds. The van der Waals surface area contributed by atoms with Gasteiger partial charge in [0.2, 0.25) is 0 Å². The second-order valence-corrected chi connectivity index (χ2v) is 7.21. The van der Waals surface area contributed by atoms with Crippen LogP contribution in [0.15, 0.2) is 42.5 Å². The summed E-state index contributed by atoms with van der Waals surface area (Å²) in [7, 11) is 2.93. The van der Waals surface area contributed by atoms with Gasteiger partial charge in [0, 0.05) is 12.0 Å². The Bertz CT molecular complexity index is 842. The van der Waals surface area contributed by atoms with E-state index in [0.717, 1.165) is 31.5 Å². The SMILES string of the molecule is COC(=O)CCc1ccc(NC(=O)c2ccc(C3CCNCC3)cc2)c(OC)c1. The van der Waals surface area contributed by atoms with Gasteiger partial charge in [-0.3, -0.25) is 9.59 Å². The molecule has 1 fully saturated rings. The van der Waals surface area contributed by atoms with E-state index in [4.69, 9.17) is 4.74 Å². The number of ether oxygens (including phenoxy) is 2. The van der Waals surface area contributed by atoms with Gasteiger partial charge in [0.05, 0.1) is 19.9 Å². The molecule has 0 aliphatic carbocycles. The molecule has 1 aliphatic heterocycles. The number of nitrogens with one attached hydrogen (secondary N) is 2. The van der Waals surface area contributed by atoms with Crippen LogP contribution in [0.1, 0.15) is 46.7 Å². The molecule has 0 aromatic heterocycles. The number of hydrogen-bond donors (Lipinski definition) is 2. The second kappa shape index (κ2) is 10.1. The third kappa shape index (κ3) is 5.57. The summed E-state index contributed by atoms with van der Waals surface area (Å²) in [6.07, 6.45) is 3.11. The van der Waals surface area contributed by atoms with E-state index in [9.17, 15) is 9.59 Å². The summed E-state index contributed by atoms with van der Waals surface area (Å²) in [5.74, 6) is 0.690. The lowest BCUT2D eigenvalue weighted by molar-refractivity contribution is -0.140. The molecule has 2 N–H and O–H groups in total. The van der Waals surface area contributed by atoms with Gasteiger partial charge in [0.1, 0.15) is 5.75 Å². The van der Waals surface area contributed by atoms with E-state index in [2.05, 4.69) is 27.5 Å². The van der Waals surface area contributed by atoms with Gasteiger partial charge in [-0.1, -0.05) is 18.2 Å². The highest BCUT2D eigenvalue weighted by Gasteiger charge is 2.16. The Morgan fingerprint density at radius 3 is 2.45 bits per heavy atom. The zero-order valence-corrected chi connectivity index (χ0v) is 17.0. The molecule has 0 spiro atoms. The highest BCUT2D eigenvalue weighted by atomic mass is 16.5. The third-order valence-electron chi connectivity index (χ3n) is 5.34. The van der Waals surface area contributed by atoms with Crippen molar-refractivity contribution in [1.29, 1.82) is 0 Å². The van der Waals surface area contributed by atoms with Crippen LogP contribution in [0.3, 0.4) is 0 Å². The van der Waals surface area contributed by atoms with E-state index >= 15 is 0 Å². The van der Waals surface area contributed by atoms with Gasteiger partial charge in [0.25, 0.3) is 5.91 Å². The van der Waals surface area contributed by atoms with Gasteiger partial charge in [-0.2, -0.15) is 0 Å². The molecule has 3 rings (SSSR count). The predicted octanol–water partition coefficient (Wildman–Crippen LogP) is 3.52. The van der Waals surface area contributed by atoms with E-state index in [-0.39, 0.29) is 11.9 Å². The molecule has 1 saturated heterocycles. The predicted molar refractivity (Wildman–Crippen MR) is 113 cm³/mol. The summed E-state index contributed by atoms with van der Waals surface area (Å²) in [4.78, 5) is 24.0. The number of amides is 1. The maximum Gasteiger partial charge on any atom is 0.305 e. The van der Waals surface area contributed by atoms with Crippen LogP contribution in [-0.4, -0.2) is 39.2 Å². The van der Waals surface area contributed by atoms with Crippen LogP contribution in [0, 0.1) is 0 Å². The Labute approximate surface area is 171 Å². The molecular weight excluding hydrogens is 368 g/mol. The maximum atomic E-state index is 12.7. The van der Waals surface area contributed by atoms with Crippen molar-refractivity contribution in [3.05, 3.63) is 59.2 Å². The lowest BCUT2D eigenvalue weighted by atomic mass is 9.90. The number of rotatable bonds is 7. The first-order chi connectivity index (χ1) is 14.1. The van der Waals surface area contributed by atoms with E-state index in [0.29, 0.717) is 35.8 Å². The summed E-state index contributed by atoms with van der Waals surface area (Å²) < 4.78 is 10.1. The first kappa shape index (κ1) is 20.9. The van der Waals surface area contributed by atoms with Gasteiger partial charge in [-0.25, -0.2) is 0 Å². The van der Waals surface area contributed by atoms with Crippen molar-refractivity contribution in [2.45, 2.75) is 31.6 Å². The zero-order valence-electron chi connectivity index (χ0n) is 17.0. The molecule has 6 heteroatoms. The molecule has 0 atom stereocenters. The van der Waals surface area contributed by atoms with Crippen molar-refractivity contribution in [2.75, 3.05) is 32.6 Å². The summed E-state index contributed by atoms with van der Waals surface area (Å²) in [6.45, 7) is 2.09. The van der Waals surface area contributed by atoms with Crippen molar-refractivity contribution >= 4 is 17.6 Å². The Balaban J connectivity index is 1.65. The van der Waals surface area contributed by atoms with Crippen LogP contribution in [0.4, 0.5) is 5.69 Å². The topological polar surface area (TPSA) is 76.7 Å². The van der Waals surface area contributed by atoms with E-state index in [1.54, 1.807) is 13.2 Å². The summed E-state index contributed by atoms with van der Waals surface area (Å²) in [5, 5.41) is 6.29. The number of piperidine rings is 1. The lowest BCUT2D eigenvalue weighted by Gasteiger charge is -2.23. The molecule has 6 nitrogen and oxygen atoms in total. The Morgan fingerprint density at radius 1 is 1.07 bits per heavy atom. The van der Waals surface area contributed by atoms with Gasteiger partial charge >= 0.3 is 5.97 Å². The number of benzene rings is 2. The Morgan fingerprint density at radius 2 is 1.79 bits per heavy atom. The molecule has 2 aromatic rings.